The summed E-state index contributed by atoms with van der Waals surface area (Å²) in [4.78, 5) is 8.89. The number of aliphatic imine (C=N–C) groups is 1. The van der Waals surface area contributed by atoms with Gasteiger partial charge in [0.25, 0.3) is 0 Å². The number of aromatic nitrogens is 1. The van der Waals surface area contributed by atoms with E-state index in [-0.39, 0.29) is 24.0 Å². The summed E-state index contributed by atoms with van der Waals surface area (Å²) in [6.45, 7) is 6.70. The fourth-order valence-corrected chi connectivity index (χ4v) is 2.47. The number of nitrogens with zero attached hydrogens (tertiary/aromatic N) is 2. The van der Waals surface area contributed by atoms with E-state index in [1.807, 2.05) is 42.5 Å². The van der Waals surface area contributed by atoms with Crippen molar-refractivity contribution in [2.75, 3.05) is 40.0 Å². The standard InChI is InChI=1S/C22H32N4O3.HI/c1-3-23-22(25-13-6-14-28-16-15-27-2)26-17-19-8-10-21(11-9-19)29-18-20-7-4-5-12-24-20;/h4-5,7-12H,3,6,13-18H2,1-2H3,(H2,23,25,26);1H. The van der Waals surface area contributed by atoms with Gasteiger partial charge < -0.3 is 24.8 Å². The molecule has 0 spiro atoms. The number of ether oxygens (including phenoxy) is 3. The molecule has 0 atom stereocenters. The van der Waals surface area contributed by atoms with Gasteiger partial charge in [-0.15, -0.1) is 24.0 Å². The van der Waals surface area contributed by atoms with Crippen molar-refractivity contribution in [3.8, 4) is 5.75 Å². The Hall–Kier alpha value is -1.91. The van der Waals surface area contributed by atoms with Gasteiger partial charge in [-0.3, -0.25) is 4.98 Å². The molecule has 0 aliphatic heterocycles. The van der Waals surface area contributed by atoms with E-state index in [0.717, 1.165) is 42.5 Å². The van der Waals surface area contributed by atoms with E-state index < -0.39 is 0 Å². The van der Waals surface area contributed by atoms with E-state index in [0.29, 0.717) is 33.0 Å². The molecule has 2 N–H and O–H groups in total. The maximum Gasteiger partial charge on any atom is 0.191 e. The lowest BCUT2D eigenvalue weighted by Gasteiger charge is -2.11. The van der Waals surface area contributed by atoms with Gasteiger partial charge in [-0.25, -0.2) is 4.99 Å². The molecule has 0 amide bonds. The molecule has 0 aliphatic rings. The molecule has 166 valence electrons. The second-order valence-corrected chi connectivity index (χ2v) is 6.33. The second kappa shape index (κ2) is 16.8. The van der Waals surface area contributed by atoms with Crippen LogP contribution in [0, 0.1) is 0 Å². The van der Waals surface area contributed by atoms with Gasteiger partial charge in [-0.05, 0) is 43.2 Å². The average molecular weight is 528 g/mol. The van der Waals surface area contributed by atoms with E-state index in [1.165, 1.54) is 0 Å². The highest BCUT2D eigenvalue weighted by Gasteiger charge is 2.00. The zero-order valence-electron chi connectivity index (χ0n) is 17.8. The predicted octanol–water partition coefficient (Wildman–Crippen LogP) is 3.39. The van der Waals surface area contributed by atoms with Crippen molar-refractivity contribution in [1.82, 2.24) is 15.6 Å². The molecule has 7 nitrogen and oxygen atoms in total. The van der Waals surface area contributed by atoms with Crippen LogP contribution in [0.4, 0.5) is 0 Å². The smallest absolute Gasteiger partial charge is 0.191 e. The molecule has 0 aliphatic carbocycles. The number of hydrogen-bond donors (Lipinski definition) is 2. The summed E-state index contributed by atoms with van der Waals surface area (Å²) in [6, 6.07) is 13.8. The van der Waals surface area contributed by atoms with Crippen LogP contribution in [0.15, 0.2) is 53.7 Å². The number of nitrogens with one attached hydrogen (secondary N) is 2. The van der Waals surface area contributed by atoms with Crippen LogP contribution >= 0.6 is 24.0 Å². The first-order valence-corrected chi connectivity index (χ1v) is 10.0. The van der Waals surface area contributed by atoms with E-state index in [4.69, 9.17) is 14.2 Å². The van der Waals surface area contributed by atoms with Crippen LogP contribution in [-0.4, -0.2) is 51.0 Å². The zero-order chi connectivity index (χ0) is 20.6. The first kappa shape index (κ1) is 26.1. The predicted molar refractivity (Wildman–Crippen MR) is 131 cm³/mol. The number of rotatable bonds is 13. The summed E-state index contributed by atoms with van der Waals surface area (Å²) in [7, 11) is 1.67. The van der Waals surface area contributed by atoms with Crippen LogP contribution in [-0.2, 0) is 22.6 Å². The Morgan fingerprint density at radius 3 is 2.57 bits per heavy atom. The van der Waals surface area contributed by atoms with Crippen molar-refractivity contribution in [1.29, 1.82) is 0 Å². The van der Waals surface area contributed by atoms with Crippen LogP contribution in [0.1, 0.15) is 24.6 Å². The van der Waals surface area contributed by atoms with Gasteiger partial charge in [0, 0.05) is 33.0 Å². The quantitative estimate of drug-likeness (QED) is 0.180. The number of hydrogen-bond acceptors (Lipinski definition) is 5. The summed E-state index contributed by atoms with van der Waals surface area (Å²) in [5, 5.41) is 6.59. The Morgan fingerprint density at radius 2 is 1.87 bits per heavy atom. The monoisotopic (exact) mass is 528 g/mol. The lowest BCUT2D eigenvalue weighted by atomic mass is 10.2. The summed E-state index contributed by atoms with van der Waals surface area (Å²) in [5.74, 6) is 1.63. The molecule has 2 aromatic rings. The molecule has 0 saturated heterocycles. The Balaban J connectivity index is 0.00000450. The van der Waals surface area contributed by atoms with Gasteiger partial charge in [0.05, 0.1) is 25.5 Å². The average Bonchev–Trinajstić information content (AvgIpc) is 2.77. The van der Waals surface area contributed by atoms with Gasteiger partial charge >= 0.3 is 0 Å². The minimum absolute atomic E-state index is 0. The minimum Gasteiger partial charge on any atom is -0.487 e. The van der Waals surface area contributed by atoms with E-state index in [9.17, 15) is 0 Å². The third-order valence-corrected chi connectivity index (χ3v) is 3.99. The maximum absolute atomic E-state index is 5.77. The molecule has 0 unspecified atom stereocenters. The fourth-order valence-electron chi connectivity index (χ4n) is 2.47. The minimum atomic E-state index is 0. The van der Waals surface area contributed by atoms with Crippen LogP contribution in [0.5, 0.6) is 5.75 Å². The summed E-state index contributed by atoms with van der Waals surface area (Å²) in [5.41, 5.74) is 2.03. The number of guanidine groups is 1. The lowest BCUT2D eigenvalue weighted by Crippen LogP contribution is -2.38. The van der Waals surface area contributed by atoms with Crippen molar-refractivity contribution in [2.45, 2.75) is 26.5 Å². The first-order chi connectivity index (χ1) is 14.3. The molecular weight excluding hydrogens is 495 g/mol. The van der Waals surface area contributed by atoms with Crippen molar-refractivity contribution in [3.63, 3.8) is 0 Å². The number of halogens is 1. The Bertz CT molecular complexity index is 699. The fraction of sp³-hybridized carbons (Fsp3) is 0.455. The van der Waals surface area contributed by atoms with E-state index >= 15 is 0 Å². The van der Waals surface area contributed by atoms with Gasteiger partial charge in [0.2, 0.25) is 0 Å². The Morgan fingerprint density at radius 1 is 1.03 bits per heavy atom. The molecule has 8 heteroatoms. The molecule has 30 heavy (non-hydrogen) atoms. The van der Waals surface area contributed by atoms with E-state index in [1.54, 1.807) is 13.3 Å². The van der Waals surface area contributed by atoms with Gasteiger partial charge in [-0.1, -0.05) is 18.2 Å². The van der Waals surface area contributed by atoms with E-state index in [2.05, 4.69) is 27.5 Å². The second-order valence-electron chi connectivity index (χ2n) is 6.33. The SMILES string of the molecule is CCNC(=NCc1ccc(OCc2ccccn2)cc1)NCCCOCCOC.I. The van der Waals surface area contributed by atoms with Crippen LogP contribution in [0.25, 0.3) is 0 Å². The van der Waals surface area contributed by atoms with Crippen molar-refractivity contribution >= 4 is 29.9 Å². The highest BCUT2D eigenvalue weighted by Crippen LogP contribution is 2.14. The largest absolute Gasteiger partial charge is 0.487 e. The topological polar surface area (TPSA) is 77.0 Å². The molecule has 0 saturated carbocycles. The number of benzene rings is 1. The van der Waals surface area contributed by atoms with Crippen LogP contribution in [0.2, 0.25) is 0 Å². The van der Waals surface area contributed by atoms with Crippen molar-refractivity contribution in [3.05, 3.63) is 59.9 Å². The van der Waals surface area contributed by atoms with Crippen LogP contribution < -0.4 is 15.4 Å². The van der Waals surface area contributed by atoms with Gasteiger partial charge in [0.1, 0.15) is 12.4 Å². The molecular formula is C22H33IN4O3. The molecule has 1 aromatic heterocycles. The van der Waals surface area contributed by atoms with Crippen molar-refractivity contribution in [2.24, 2.45) is 4.99 Å². The number of methoxy groups -OCH3 is 1. The summed E-state index contributed by atoms with van der Waals surface area (Å²) in [6.07, 6.45) is 2.68. The molecule has 0 bridgehead atoms. The molecule has 0 radical (unpaired) electrons. The summed E-state index contributed by atoms with van der Waals surface area (Å²) >= 11 is 0. The number of pyridine rings is 1. The third kappa shape index (κ3) is 11.3. The molecule has 2 rings (SSSR count). The Labute approximate surface area is 196 Å². The van der Waals surface area contributed by atoms with Crippen molar-refractivity contribution < 1.29 is 14.2 Å². The van der Waals surface area contributed by atoms with Gasteiger partial charge in [-0.2, -0.15) is 0 Å². The maximum atomic E-state index is 5.77. The molecule has 1 aromatic carbocycles. The summed E-state index contributed by atoms with van der Waals surface area (Å²) < 4.78 is 16.2. The lowest BCUT2D eigenvalue weighted by molar-refractivity contribution is 0.0698. The normalized spacial score (nSPS) is 10.9. The molecule has 0 fully saturated rings. The van der Waals surface area contributed by atoms with Gasteiger partial charge in [0.15, 0.2) is 5.96 Å². The Kier molecular flexibility index (Phi) is 14.7. The van der Waals surface area contributed by atoms with Crippen LogP contribution in [0.3, 0.4) is 0 Å². The third-order valence-electron chi connectivity index (χ3n) is 3.99. The first-order valence-electron chi connectivity index (χ1n) is 10.0. The molecule has 1 heterocycles. The highest BCUT2D eigenvalue weighted by molar-refractivity contribution is 14.0. The zero-order valence-corrected chi connectivity index (χ0v) is 20.1. The highest BCUT2D eigenvalue weighted by atomic mass is 127.